The molecule has 0 saturated heterocycles. The van der Waals surface area contributed by atoms with Crippen molar-refractivity contribution in [2.45, 2.75) is 33.1 Å². The van der Waals surface area contributed by atoms with Gasteiger partial charge in [-0.2, -0.15) is 5.06 Å². The summed E-state index contributed by atoms with van der Waals surface area (Å²) in [5.74, 6) is 0.465. The van der Waals surface area contributed by atoms with E-state index < -0.39 is 0 Å². The number of rotatable bonds is 3. The molecular formula is C14H19NO2. The van der Waals surface area contributed by atoms with E-state index in [1.165, 1.54) is 10.6 Å². The highest BCUT2D eigenvalue weighted by atomic mass is 16.7. The SMILES string of the molecule is CCC(C)CC(=O)N1OCCc2ccccc21. The van der Waals surface area contributed by atoms with Crippen LogP contribution in [-0.4, -0.2) is 12.5 Å². The first kappa shape index (κ1) is 12.1. The minimum atomic E-state index is 0.0616. The number of nitrogens with zero attached hydrogens (tertiary/aromatic N) is 1. The van der Waals surface area contributed by atoms with E-state index in [4.69, 9.17) is 4.84 Å². The van der Waals surface area contributed by atoms with E-state index in [1.54, 1.807) is 0 Å². The molecule has 1 heterocycles. The van der Waals surface area contributed by atoms with E-state index >= 15 is 0 Å². The van der Waals surface area contributed by atoms with Gasteiger partial charge < -0.3 is 0 Å². The van der Waals surface area contributed by atoms with Gasteiger partial charge in [0.05, 0.1) is 12.3 Å². The predicted octanol–water partition coefficient (Wildman–Crippen LogP) is 2.94. The van der Waals surface area contributed by atoms with Gasteiger partial charge in [0.1, 0.15) is 0 Å². The Bertz CT molecular complexity index is 403. The number of carbonyl (C=O) groups is 1. The Labute approximate surface area is 102 Å². The number of hydrogen-bond acceptors (Lipinski definition) is 2. The zero-order chi connectivity index (χ0) is 12.3. The first-order chi connectivity index (χ1) is 8.22. The fraction of sp³-hybridized carbons (Fsp3) is 0.500. The minimum absolute atomic E-state index is 0.0616. The molecule has 0 saturated carbocycles. The van der Waals surface area contributed by atoms with Crippen molar-refractivity contribution in [2.75, 3.05) is 11.7 Å². The average Bonchev–Trinajstić information content (AvgIpc) is 2.37. The molecule has 0 spiro atoms. The summed E-state index contributed by atoms with van der Waals surface area (Å²) in [6, 6.07) is 7.95. The Morgan fingerprint density at radius 1 is 1.47 bits per heavy atom. The van der Waals surface area contributed by atoms with Crippen LogP contribution in [0.4, 0.5) is 5.69 Å². The van der Waals surface area contributed by atoms with Gasteiger partial charge in [0.25, 0.3) is 5.91 Å². The van der Waals surface area contributed by atoms with Crippen molar-refractivity contribution in [1.82, 2.24) is 0 Å². The van der Waals surface area contributed by atoms with Crippen LogP contribution in [0.5, 0.6) is 0 Å². The number of amides is 1. The Balaban J connectivity index is 2.15. The fourth-order valence-electron chi connectivity index (χ4n) is 1.97. The van der Waals surface area contributed by atoms with Crippen LogP contribution < -0.4 is 5.06 Å². The molecule has 0 N–H and O–H groups in total. The van der Waals surface area contributed by atoms with Crippen molar-refractivity contribution in [1.29, 1.82) is 0 Å². The van der Waals surface area contributed by atoms with Gasteiger partial charge in [-0.15, -0.1) is 0 Å². The molecule has 1 atom stereocenters. The van der Waals surface area contributed by atoms with E-state index in [-0.39, 0.29) is 5.91 Å². The molecule has 0 fully saturated rings. The number of hydroxylamine groups is 1. The highest BCUT2D eigenvalue weighted by Crippen LogP contribution is 2.26. The molecule has 17 heavy (non-hydrogen) atoms. The van der Waals surface area contributed by atoms with Crippen LogP contribution in [-0.2, 0) is 16.1 Å². The smallest absolute Gasteiger partial charge is 0.251 e. The van der Waals surface area contributed by atoms with Gasteiger partial charge in [0.15, 0.2) is 0 Å². The van der Waals surface area contributed by atoms with Crippen LogP contribution in [0, 0.1) is 5.92 Å². The normalized spacial score (nSPS) is 16.5. The number of para-hydroxylation sites is 1. The van der Waals surface area contributed by atoms with Gasteiger partial charge in [0.2, 0.25) is 0 Å². The van der Waals surface area contributed by atoms with Crippen molar-refractivity contribution in [3.8, 4) is 0 Å². The quantitative estimate of drug-likeness (QED) is 0.803. The third kappa shape index (κ3) is 2.67. The number of benzene rings is 1. The van der Waals surface area contributed by atoms with Crippen LogP contribution in [0.15, 0.2) is 24.3 Å². The van der Waals surface area contributed by atoms with E-state index in [2.05, 4.69) is 19.9 Å². The Kier molecular flexibility index (Phi) is 3.79. The zero-order valence-corrected chi connectivity index (χ0v) is 10.5. The van der Waals surface area contributed by atoms with Crippen molar-refractivity contribution >= 4 is 11.6 Å². The summed E-state index contributed by atoms with van der Waals surface area (Å²) in [6.07, 6.45) is 2.44. The maximum absolute atomic E-state index is 12.1. The topological polar surface area (TPSA) is 29.5 Å². The Hall–Kier alpha value is -1.35. The summed E-state index contributed by atoms with van der Waals surface area (Å²) in [4.78, 5) is 17.6. The highest BCUT2D eigenvalue weighted by Gasteiger charge is 2.24. The monoisotopic (exact) mass is 233 g/mol. The summed E-state index contributed by atoms with van der Waals surface area (Å²) >= 11 is 0. The highest BCUT2D eigenvalue weighted by molar-refractivity contribution is 5.92. The standard InChI is InChI=1S/C14H19NO2/c1-3-11(2)10-14(16)15-13-7-5-4-6-12(13)8-9-17-15/h4-7,11H,3,8-10H2,1-2H3. The molecule has 0 bridgehead atoms. The Morgan fingerprint density at radius 3 is 3.00 bits per heavy atom. The zero-order valence-electron chi connectivity index (χ0n) is 10.5. The van der Waals surface area contributed by atoms with Crippen LogP contribution >= 0.6 is 0 Å². The van der Waals surface area contributed by atoms with Crippen LogP contribution in [0.25, 0.3) is 0 Å². The maximum atomic E-state index is 12.1. The predicted molar refractivity (Wildman–Crippen MR) is 67.7 cm³/mol. The van der Waals surface area contributed by atoms with E-state index in [0.717, 1.165) is 18.5 Å². The summed E-state index contributed by atoms with van der Waals surface area (Å²) in [5.41, 5.74) is 2.10. The third-order valence-electron chi connectivity index (χ3n) is 3.25. The fourth-order valence-corrected chi connectivity index (χ4v) is 1.97. The molecule has 0 aliphatic carbocycles. The van der Waals surface area contributed by atoms with Crippen molar-refractivity contribution < 1.29 is 9.63 Å². The molecule has 1 aliphatic rings. The molecular weight excluding hydrogens is 214 g/mol. The summed E-state index contributed by atoms with van der Waals surface area (Å²) in [6.45, 7) is 4.78. The largest absolute Gasteiger partial charge is 0.272 e. The van der Waals surface area contributed by atoms with Crippen LogP contribution in [0.1, 0.15) is 32.3 Å². The first-order valence-corrected chi connectivity index (χ1v) is 6.26. The summed E-state index contributed by atoms with van der Waals surface area (Å²) < 4.78 is 0. The third-order valence-corrected chi connectivity index (χ3v) is 3.25. The molecule has 92 valence electrons. The van der Waals surface area contributed by atoms with Gasteiger partial charge in [-0.3, -0.25) is 9.63 Å². The number of hydrogen-bond donors (Lipinski definition) is 0. The van der Waals surface area contributed by atoms with Crippen molar-refractivity contribution in [3.05, 3.63) is 29.8 Å². The second-order valence-corrected chi connectivity index (χ2v) is 4.62. The molecule has 1 aromatic rings. The van der Waals surface area contributed by atoms with Gasteiger partial charge in [0, 0.05) is 12.8 Å². The lowest BCUT2D eigenvalue weighted by Crippen LogP contribution is -2.36. The summed E-state index contributed by atoms with van der Waals surface area (Å²) in [7, 11) is 0. The molecule has 3 heteroatoms. The second kappa shape index (κ2) is 5.32. The number of carbonyl (C=O) groups excluding carboxylic acids is 1. The lowest BCUT2D eigenvalue weighted by atomic mass is 10.0. The van der Waals surface area contributed by atoms with Gasteiger partial charge in [-0.05, 0) is 17.5 Å². The number of fused-ring (bicyclic) bond motifs is 1. The Morgan fingerprint density at radius 2 is 2.24 bits per heavy atom. The molecule has 2 rings (SSSR count). The molecule has 1 unspecified atom stereocenters. The molecule has 1 aromatic carbocycles. The molecule has 0 radical (unpaired) electrons. The van der Waals surface area contributed by atoms with Crippen LogP contribution in [0.3, 0.4) is 0 Å². The van der Waals surface area contributed by atoms with Gasteiger partial charge in [-0.1, -0.05) is 38.5 Å². The van der Waals surface area contributed by atoms with E-state index in [1.807, 2.05) is 18.2 Å². The molecule has 3 nitrogen and oxygen atoms in total. The minimum Gasteiger partial charge on any atom is -0.272 e. The van der Waals surface area contributed by atoms with E-state index in [0.29, 0.717) is 18.9 Å². The van der Waals surface area contributed by atoms with Crippen molar-refractivity contribution in [2.24, 2.45) is 5.92 Å². The molecule has 1 amide bonds. The first-order valence-electron chi connectivity index (χ1n) is 6.26. The lowest BCUT2D eigenvalue weighted by Gasteiger charge is -2.29. The van der Waals surface area contributed by atoms with Gasteiger partial charge in [-0.25, -0.2) is 0 Å². The van der Waals surface area contributed by atoms with E-state index in [9.17, 15) is 4.79 Å². The van der Waals surface area contributed by atoms with Crippen LogP contribution in [0.2, 0.25) is 0 Å². The molecule has 0 aromatic heterocycles. The second-order valence-electron chi connectivity index (χ2n) is 4.62. The lowest BCUT2D eigenvalue weighted by molar-refractivity contribution is -0.127. The van der Waals surface area contributed by atoms with Gasteiger partial charge >= 0.3 is 0 Å². The van der Waals surface area contributed by atoms with Crippen molar-refractivity contribution in [3.63, 3.8) is 0 Å². The molecule has 1 aliphatic heterocycles. The average molecular weight is 233 g/mol. The maximum Gasteiger partial charge on any atom is 0.251 e. The number of anilines is 1. The summed E-state index contributed by atoms with van der Waals surface area (Å²) in [5, 5.41) is 1.48.